The Balaban J connectivity index is 1.72. The van der Waals surface area contributed by atoms with Gasteiger partial charge in [0.05, 0.1) is 13.7 Å². The first-order chi connectivity index (χ1) is 18.5. The molecule has 1 aromatic carbocycles. The fourth-order valence-electron chi connectivity index (χ4n) is 3.97. The van der Waals surface area contributed by atoms with Gasteiger partial charge in [-0.15, -0.1) is 5.10 Å². The zero-order chi connectivity index (χ0) is 27.9. The van der Waals surface area contributed by atoms with E-state index in [9.17, 15) is 18.0 Å². The summed E-state index contributed by atoms with van der Waals surface area (Å²) < 4.78 is 53.0. The first-order valence-corrected chi connectivity index (χ1v) is 12.3. The maximum absolute atomic E-state index is 13.8. The number of Topliss-reactive ketones (excluding diaryl/α,β-unsaturated/α-hetero) is 1. The van der Waals surface area contributed by atoms with Gasteiger partial charge in [0.15, 0.2) is 11.6 Å². The first kappa shape index (κ1) is 26.4. The van der Waals surface area contributed by atoms with Crippen LogP contribution in [0.1, 0.15) is 28.7 Å². The van der Waals surface area contributed by atoms with E-state index in [1.54, 1.807) is 63.5 Å². The number of alkyl halides is 3. The van der Waals surface area contributed by atoms with Crippen LogP contribution in [0.25, 0.3) is 28.6 Å². The largest absolute Gasteiger partial charge is 0.497 e. The van der Waals surface area contributed by atoms with Gasteiger partial charge in [0.2, 0.25) is 0 Å². The van der Waals surface area contributed by atoms with Gasteiger partial charge in [-0.2, -0.15) is 13.2 Å². The van der Waals surface area contributed by atoms with Crippen molar-refractivity contribution >= 4 is 23.6 Å². The average Bonchev–Trinajstić information content (AvgIpc) is 3.60. The number of aromatic nitrogens is 7. The van der Waals surface area contributed by atoms with Crippen LogP contribution in [0, 0.1) is 0 Å². The Hall–Kier alpha value is -4.17. The number of halogens is 3. The lowest BCUT2D eigenvalue weighted by molar-refractivity contribution is -0.144. The standard InChI is InChI=1S/C25H23F3N8O2S/c1-15(37)17-7-10-20-30-21(22(35(20)12-17)19-13-34(14-29-19)39-33(2)3)23-31-24(25(26,27)28)32-36(23)11-16-5-8-18(38-4)9-6-16/h5-10,12-14H,11H2,1-4H3. The van der Waals surface area contributed by atoms with Crippen LogP contribution in [0.15, 0.2) is 55.1 Å². The van der Waals surface area contributed by atoms with Crippen LogP contribution in [-0.2, 0) is 12.7 Å². The second-order valence-corrected chi connectivity index (χ2v) is 10.1. The monoisotopic (exact) mass is 556 g/mol. The summed E-state index contributed by atoms with van der Waals surface area (Å²) in [4.78, 5) is 25.1. The number of imidazole rings is 2. The maximum atomic E-state index is 13.8. The Labute approximate surface area is 225 Å². The molecule has 0 amide bonds. The number of carbonyl (C=O) groups is 1. The van der Waals surface area contributed by atoms with E-state index in [1.165, 1.54) is 30.8 Å². The fourth-order valence-corrected chi connectivity index (χ4v) is 4.58. The van der Waals surface area contributed by atoms with Crippen LogP contribution in [0.5, 0.6) is 5.75 Å². The molecule has 0 saturated carbocycles. The van der Waals surface area contributed by atoms with Gasteiger partial charge in [-0.05, 0) is 50.8 Å². The third-order valence-electron chi connectivity index (χ3n) is 5.71. The third kappa shape index (κ3) is 5.38. The molecule has 0 unspecified atom stereocenters. The van der Waals surface area contributed by atoms with Crippen molar-refractivity contribution in [1.29, 1.82) is 0 Å². The molecule has 0 atom stereocenters. The fraction of sp³-hybridized carbons (Fsp3) is 0.240. The molecule has 0 aliphatic carbocycles. The highest BCUT2D eigenvalue weighted by atomic mass is 32.2. The van der Waals surface area contributed by atoms with E-state index >= 15 is 0 Å². The number of fused-ring (bicyclic) bond motifs is 1. The number of hydrogen-bond donors (Lipinski definition) is 0. The van der Waals surface area contributed by atoms with Crippen molar-refractivity contribution in [1.82, 2.24) is 37.4 Å². The summed E-state index contributed by atoms with van der Waals surface area (Å²) in [5, 5.41) is 3.80. The predicted octanol–water partition coefficient (Wildman–Crippen LogP) is 4.71. The van der Waals surface area contributed by atoms with E-state index in [2.05, 4.69) is 20.1 Å². The summed E-state index contributed by atoms with van der Waals surface area (Å²) >= 11 is 1.36. The van der Waals surface area contributed by atoms with Gasteiger partial charge in [-0.3, -0.25) is 13.2 Å². The van der Waals surface area contributed by atoms with E-state index in [1.807, 2.05) is 18.4 Å². The summed E-state index contributed by atoms with van der Waals surface area (Å²) in [7, 11) is 5.26. The summed E-state index contributed by atoms with van der Waals surface area (Å²) in [5.74, 6) is -0.930. The number of pyridine rings is 1. The molecular formula is C25H23F3N8O2S. The molecule has 5 rings (SSSR count). The minimum atomic E-state index is -4.77. The van der Waals surface area contributed by atoms with E-state index in [-0.39, 0.29) is 23.8 Å². The van der Waals surface area contributed by atoms with Crippen molar-refractivity contribution in [2.24, 2.45) is 0 Å². The number of carbonyl (C=O) groups excluding carboxylic acids is 1. The van der Waals surface area contributed by atoms with E-state index in [0.29, 0.717) is 33.9 Å². The molecule has 0 N–H and O–H groups in total. The Morgan fingerprint density at radius 2 is 1.82 bits per heavy atom. The topological polar surface area (TPSA) is 95.4 Å². The molecule has 14 heteroatoms. The molecule has 10 nitrogen and oxygen atoms in total. The molecule has 4 heterocycles. The molecule has 0 fully saturated rings. The van der Waals surface area contributed by atoms with Gasteiger partial charge < -0.3 is 4.74 Å². The summed E-state index contributed by atoms with van der Waals surface area (Å²) in [6.45, 7) is 1.43. The van der Waals surface area contributed by atoms with Crippen LogP contribution in [0.3, 0.4) is 0 Å². The van der Waals surface area contributed by atoms with Crippen molar-refractivity contribution < 1.29 is 22.7 Å². The molecule has 5 aromatic rings. The zero-order valence-electron chi connectivity index (χ0n) is 21.3. The molecule has 0 aliphatic rings. The third-order valence-corrected chi connectivity index (χ3v) is 6.43. The Morgan fingerprint density at radius 3 is 2.46 bits per heavy atom. The predicted molar refractivity (Wildman–Crippen MR) is 139 cm³/mol. The van der Waals surface area contributed by atoms with Gasteiger partial charge in [-0.25, -0.2) is 23.9 Å². The van der Waals surface area contributed by atoms with Crippen molar-refractivity contribution in [2.75, 3.05) is 21.2 Å². The van der Waals surface area contributed by atoms with Crippen molar-refractivity contribution in [3.8, 4) is 28.7 Å². The molecule has 4 aromatic heterocycles. The average molecular weight is 557 g/mol. The molecule has 0 aliphatic heterocycles. The smallest absolute Gasteiger partial charge is 0.453 e. The van der Waals surface area contributed by atoms with Crippen LogP contribution in [0.4, 0.5) is 13.2 Å². The lowest BCUT2D eigenvalue weighted by Gasteiger charge is -2.08. The number of nitrogens with zero attached hydrogens (tertiary/aromatic N) is 8. The quantitative estimate of drug-likeness (QED) is 0.200. The van der Waals surface area contributed by atoms with Crippen molar-refractivity contribution in [3.63, 3.8) is 0 Å². The number of methoxy groups -OCH3 is 1. The highest BCUT2D eigenvalue weighted by Gasteiger charge is 2.38. The van der Waals surface area contributed by atoms with Gasteiger partial charge in [-0.1, -0.05) is 12.1 Å². The normalized spacial score (nSPS) is 12.0. The summed E-state index contributed by atoms with van der Waals surface area (Å²) in [6, 6.07) is 10.1. The molecule has 0 saturated heterocycles. The highest BCUT2D eigenvalue weighted by Crippen LogP contribution is 2.35. The Morgan fingerprint density at radius 1 is 1.08 bits per heavy atom. The highest BCUT2D eigenvalue weighted by molar-refractivity contribution is 7.95. The van der Waals surface area contributed by atoms with Crippen LogP contribution >= 0.6 is 12.1 Å². The van der Waals surface area contributed by atoms with Crippen LogP contribution in [-0.4, -0.2) is 64.4 Å². The number of rotatable bonds is 8. The van der Waals surface area contributed by atoms with Crippen molar-refractivity contribution in [2.45, 2.75) is 19.6 Å². The second-order valence-electron chi connectivity index (χ2n) is 8.79. The number of benzene rings is 1. The zero-order valence-corrected chi connectivity index (χ0v) is 22.2. The lowest BCUT2D eigenvalue weighted by Crippen LogP contribution is -2.09. The number of ether oxygens (including phenoxy) is 1. The number of hydrogen-bond acceptors (Lipinski definition) is 8. The SMILES string of the molecule is COc1ccc(Cn2nc(C(F)(F)F)nc2-c2nc3ccc(C(C)=O)cn3c2-c2cn(SN(C)C)cn2)cc1. The molecule has 202 valence electrons. The Bertz CT molecular complexity index is 1650. The van der Waals surface area contributed by atoms with Crippen LogP contribution < -0.4 is 4.74 Å². The van der Waals surface area contributed by atoms with Gasteiger partial charge in [0.1, 0.15) is 34.8 Å². The van der Waals surface area contributed by atoms with E-state index in [0.717, 1.165) is 0 Å². The van der Waals surface area contributed by atoms with E-state index < -0.39 is 12.0 Å². The van der Waals surface area contributed by atoms with Gasteiger partial charge in [0.25, 0.3) is 5.82 Å². The minimum absolute atomic E-state index is 0.000658. The van der Waals surface area contributed by atoms with Gasteiger partial charge in [0, 0.05) is 30.1 Å². The second kappa shape index (κ2) is 10.2. The molecule has 0 radical (unpaired) electrons. The van der Waals surface area contributed by atoms with Crippen LogP contribution in [0.2, 0.25) is 0 Å². The summed E-state index contributed by atoms with van der Waals surface area (Å²) in [6.07, 6.45) is 0.134. The maximum Gasteiger partial charge on any atom is 0.453 e. The molecule has 0 bridgehead atoms. The molecular weight excluding hydrogens is 533 g/mol. The Kier molecular flexibility index (Phi) is 6.91. The lowest BCUT2D eigenvalue weighted by atomic mass is 10.2. The molecule has 39 heavy (non-hydrogen) atoms. The summed E-state index contributed by atoms with van der Waals surface area (Å²) in [5.41, 5.74) is 2.46. The minimum Gasteiger partial charge on any atom is -0.497 e. The van der Waals surface area contributed by atoms with Crippen molar-refractivity contribution in [3.05, 3.63) is 72.1 Å². The first-order valence-electron chi connectivity index (χ1n) is 11.6. The molecule has 0 spiro atoms. The van der Waals surface area contributed by atoms with Gasteiger partial charge >= 0.3 is 6.18 Å². The van der Waals surface area contributed by atoms with E-state index in [4.69, 9.17) is 4.74 Å². The number of ketones is 1.